The number of hydrogen-bond acceptors (Lipinski definition) is 6. The number of anilines is 1. The lowest BCUT2D eigenvalue weighted by Gasteiger charge is -2.27. The molecule has 0 spiro atoms. The van der Waals surface area contributed by atoms with E-state index in [2.05, 4.69) is 9.73 Å². The lowest BCUT2D eigenvalue weighted by Crippen LogP contribution is -2.35. The maximum atomic E-state index is 12.9. The van der Waals surface area contributed by atoms with Crippen LogP contribution in [0.5, 0.6) is 11.5 Å². The molecular weight excluding hydrogens is 398 g/mol. The zero-order valence-electron chi connectivity index (χ0n) is 16.0. The molecule has 2 aromatic carbocycles. The molecule has 0 fully saturated rings. The Morgan fingerprint density at radius 2 is 1.83 bits per heavy atom. The Hall–Kier alpha value is -2.61. The first-order chi connectivity index (χ1) is 14.1. The molecule has 8 heteroatoms. The maximum Gasteiger partial charge on any atom is 0.387 e. The summed E-state index contributed by atoms with van der Waals surface area (Å²) < 4.78 is 34.4. The Kier molecular flexibility index (Phi) is 7.46. The van der Waals surface area contributed by atoms with Crippen LogP contribution in [-0.4, -0.2) is 43.0 Å². The summed E-state index contributed by atoms with van der Waals surface area (Å²) >= 11 is 1.62. The molecule has 0 atom stereocenters. The van der Waals surface area contributed by atoms with Crippen molar-refractivity contribution in [1.29, 1.82) is 0 Å². The van der Waals surface area contributed by atoms with Gasteiger partial charge >= 0.3 is 6.61 Å². The molecule has 0 radical (unpaired) electrons. The molecule has 0 amide bonds. The number of ketones is 1. The predicted molar refractivity (Wildman–Crippen MR) is 112 cm³/mol. The SMILES string of the molecule is CCOc1ccc(N(CC(=O)c2ccc(OC(F)F)cc2)C2=NCCCS2)cc1. The highest BCUT2D eigenvalue weighted by molar-refractivity contribution is 8.14. The van der Waals surface area contributed by atoms with Crippen LogP contribution in [0, 0.1) is 0 Å². The second-order valence-corrected chi connectivity index (χ2v) is 7.27. The van der Waals surface area contributed by atoms with E-state index in [-0.39, 0.29) is 18.1 Å². The zero-order valence-corrected chi connectivity index (χ0v) is 16.8. The number of hydrogen-bond donors (Lipinski definition) is 0. The van der Waals surface area contributed by atoms with Gasteiger partial charge in [-0.15, -0.1) is 0 Å². The molecule has 1 heterocycles. The van der Waals surface area contributed by atoms with Gasteiger partial charge in [0.1, 0.15) is 11.5 Å². The van der Waals surface area contributed by atoms with Crippen molar-refractivity contribution in [3.05, 3.63) is 54.1 Å². The number of rotatable bonds is 8. The van der Waals surface area contributed by atoms with Gasteiger partial charge in [0.05, 0.1) is 13.2 Å². The highest BCUT2D eigenvalue weighted by Gasteiger charge is 2.21. The molecular formula is C21H22F2N2O3S. The van der Waals surface area contributed by atoms with E-state index in [0.717, 1.165) is 35.3 Å². The molecule has 0 unspecified atom stereocenters. The number of aliphatic imine (C=N–C) groups is 1. The highest BCUT2D eigenvalue weighted by atomic mass is 32.2. The molecule has 1 aliphatic rings. The number of halogens is 2. The zero-order chi connectivity index (χ0) is 20.6. The van der Waals surface area contributed by atoms with Gasteiger partial charge in [0.25, 0.3) is 0 Å². The van der Waals surface area contributed by atoms with E-state index in [1.54, 1.807) is 11.8 Å². The summed E-state index contributed by atoms with van der Waals surface area (Å²) in [7, 11) is 0. The van der Waals surface area contributed by atoms with Gasteiger partial charge in [-0.1, -0.05) is 11.8 Å². The van der Waals surface area contributed by atoms with Crippen LogP contribution in [0.25, 0.3) is 0 Å². The summed E-state index contributed by atoms with van der Waals surface area (Å²) in [4.78, 5) is 19.3. The van der Waals surface area contributed by atoms with Crippen LogP contribution in [-0.2, 0) is 0 Å². The third-order valence-corrected chi connectivity index (χ3v) is 5.27. The van der Waals surface area contributed by atoms with E-state index >= 15 is 0 Å². The molecule has 29 heavy (non-hydrogen) atoms. The number of carbonyl (C=O) groups is 1. The molecule has 0 saturated carbocycles. The standard InChI is InChI=1S/C21H22F2N2O3S/c1-2-27-17-10-6-16(7-11-17)25(21-24-12-3-13-29-21)14-19(26)15-4-8-18(9-5-15)28-20(22)23/h4-11,20H,2-3,12-14H2,1H3. The number of nitrogens with zero attached hydrogens (tertiary/aromatic N) is 2. The van der Waals surface area contributed by atoms with Crippen molar-refractivity contribution < 1.29 is 23.0 Å². The first kappa shape index (κ1) is 21.1. The topological polar surface area (TPSA) is 51.1 Å². The number of alkyl halides is 2. The van der Waals surface area contributed by atoms with Crippen LogP contribution in [0.4, 0.5) is 14.5 Å². The Bertz CT molecular complexity index is 842. The van der Waals surface area contributed by atoms with Crippen LogP contribution in [0.15, 0.2) is 53.5 Å². The number of Topliss-reactive ketones (excluding diaryl/α,β-unsaturated/α-hetero) is 1. The van der Waals surface area contributed by atoms with Crippen LogP contribution in [0.3, 0.4) is 0 Å². The van der Waals surface area contributed by atoms with Crippen molar-refractivity contribution in [1.82, 2.24) is 0 Å². The molecule has 0 aromatic heterocycles. The molecule has 5 nitrogen and oxygen atoms in total. The average Bonchev–Trinajstić information content (AvgIpc) is 2.73. The molecule has 2 aromatic rings. The second kappa shape index (κ2) is 10.2. The first-order valence-electron chi connectivity index (χ1n) is 9.32. The highest BCUT2D eigenvalue weighted by Crippen LogP contribution is 2.26. The number of ether oxygens (including phenoxy) is 2. The fraction of sp³-hybridized carbons (Fsp3) is 0.333. The molecule has 0 N–H and O–H groups in total. The van der Waals surface area contributed by atoms with E-state index in [1.807, 2.05) is 36.1 Å². The van der Waals surface area contributed by atoms with Gasteiger partial charge in [-0.05, 0) is 61.9 Å². The van der Waals surface area contributed by atoms with Crippen molar-refractivity contribution in [3.63, 3.8) is 0 Å². The van der Waals surface area contributed by atoms with Crippen LogP contribution in [0.1, 0.15) is 23.7 Å². The number of amidine groups is 1. The first-order valence-corrected chi connectivity index (χ1v) is 10.3. The van der Waals surface area contributed by atoms with E-state index in [9.17, 15) is 13.6 Å². The van der Waals surface area contributed by atoms with E-state index in [4.69, 9.17) is 4.74 Å². The average molecular weight is 420 g/mol. The van der Waals surface area contributed by atoms with Gasteiger partial charge in [-0.2, -0.15) is 8.78 Å². The molecule has 0 aliphatic carbocycles. The molecule has 3 rings (SSSR count). The lowest BCUT2D eigenvalue weighted by molar-refractivity contribution is -0.0498. The van der Waals surface area contributed by atoms with Gasteiger partial charge < -0.3 is 14.4 Å². The number of thioether (sulfide) groups is 1. The molecule has 1 aliphatic heterocycles. The largest absolute Gasteiger partial charge is 0.494 e. The third kappa shape index (κ3) is 5.93. The van der Waals surface area contributed by atoms with Crippen LogP contribution < -0.4 is 14.4 Å². The lowest BCUT2D eigenvalue weighted by atomic mass is 10.1. The van der Waals surface area contributed by atoms with Crippen molar-refractivity contribution in [2.45, 2.75) is 20.0 Å². The smallest absolute Gasteiger partial charge is 0.387 e. The van der Waals surface area contributed by atoms with Crippen molar-refractivity contribution in [3.8, 4) is 11.5 Å². The van der Waals surface area contributed by atoms with Gasteiger partial charge in [0.15, 0.2) is 11.0 Å². The normalized spacial score (nSPS) is 13.7. The van der Waals surface area contributed by atoms with E-state index in [1.165, 1.54) is 24.3 Å². The fourth-order valence-corrected chi connectivity index (χ4v) is 3.79. The van der Waals surface area contributed by atoms with Gasteiger partial charge in [0, 0.05) is 23.5 Å². The number of benzene rings is 2. The molecule has 0 bridgehead atoms. The van der Waals surface area contributed by atoms with Gasteiger partial charge in [-0.25, -0.2) is 0 Å². The van der Waals surface area contributed by atoms with Gasteiger partial charge in [-0.3, -0.25) is 9.79 Å². The van der Waals surface area contributed by atoms with Crippen LogP contribution >= 0.6 is 11.8 Å². The van der Waals surface area contributed by atoms with E-state index < -0.39 is 6.61 Å². The Labute approximate surface area is 172 Å². The number of carbonyl (C=O) groups excluding carboxylic acids is 1. The Morgan fingerprint density at radius 3 is 2.41 bits per heavy atom. The molecule has 0 saturated heterocycles. The summed E-state index contributed by atoms with van der Waals surface area (Å²) in [6.45, 7) is 0.422. The summed E-state index contributed by atoms with van der Waals surface area (Å²) in [5.74, 6) is 1.58. The minimum atomic E-state index is -2.90. The Balaban J connectivity index is 1.79. The van der Waals surface area contributed by atoms with Gasteiger partial charge in [0.2, 0.25) is 0 Å². The maximum absolute atomic E-state index is 12.9. The minimum Gasteiger partial charge on any atom is -0.494 e. The van der Waals surface area contributed by atoms with Crippen molar-refractivity contribution in [2.75, 3.05) is 30.3 Å². The monoisotopic (exact) mass is 420 g/mol. The summed E-state index contributed by atoms with van der Waals surface area (Å²) in [5, 5.41) is 0.798. The summed E-state index contributed by atoms with van der Waals surface area (Å²) in [5.41, 5.74) is 1.26. The predicted octanol–water partition coefficient (Wildman–Crippen LogP) is 4.87. The molecule has 154 valence electrons. The van der Waals surface area contributed by atoms with Crippen molar-refractivity contribution >= 4 is 28.4 Å². The third-order valence-electron chi connectivity index (χ3n) is 4.17. The summed E-state index contributed by atoms with van der Waals surface area (Å²) in [6.07, 6.45) is 1.00. The quantitative estimate of drug-likeness (QED) is 0.571. The van der Waals surface area contributed by atoms with Crippen molar-refractivity contribution in [2.24, 2.45) is 4.99 Å². The fourth-order valence-electron chi connectivity index (χ4n) is 2.83. The van der Waals surface area contributed by atoms with Crippen LogP contribution in [0.2, 0.25) is 0 Å². The second-order valence-electron chi connectivity index (χ2n) is 6.21. The summed E-state index contributed by atoms with van der Waals surface area (Å²) in [6, 6.07) is 13.2. The Morgan fingerprint density at radius 1 is 1.14 bits per heavy atom. The van der Waals surface area contributed by atoms with E-state index in [0.29, 0.717) is 12.2 Å². The minimum absolute atomic E-state index is 0.0205.